The lowest BCUT2D eigenvalue weighted by Gasteiger charge is -2.18. The van der Waals surface area contributed by atoms with Gasteiger partial charge in [-0.15, -0.1) is 0 Å². The Morgan fingerprint density at radius 1 is 1.80 bits per heavy atom. The van der Waals surface area contributed by atoms with E-state index >= 15 is 0 Å². The van der Waals surface area contributed by atoms with Gasteiger partial charge in [-0.1, -0.05) is 0 Å². The van der Waals surface area contributed by atoms with Gasteiger partial charge in [0.2, 0.25) is 5.91 Å². The molecule has 1 radical (unpaired) electrons. The molecule has 10 heavy (non-hydrogen) atoms. The molecule has 1 saturated heterocycles. The first-order chi connectivity index (χ1) is 4.83. The molecule has 0 bridgehead atoms. The van der Waals surface area contributed by atoms with E-state index in [1.54, 1.807) is 7.11 Å². The number of piperidine rings is 1. The van der Waals surface area contributed by atoms with Crippen LogP contribution in [-0.2, 0) is 9.53 Å². The van der Waals surface area contributed by atoms with Crippen molar-refractivity contribution in [2.45, 2.75) is 12.8 Å². The van der Waals surface area contributed by atoms with Gasteiger partial charge in [0.25, 0.3) is 0 Å². The van der Waals surface area contributed by atoms with Crippen LogP contribution in [0.4, 0.5) is 0 Å². The summed E-state index contributed by atoms with van der Waals surface area (Å²) in [6.45, 7) is 1.39. The highest BCUT2D eigenvalue weighted by Gasteiger charge is 2.18. The fraction of sp³-hybridized carbons (Fsp3) is 0.857. The maximum atomic E-state index is 10.6. The molecule has 1 unspecified atom stereocenters. The van der Waals surface area contributed by atoms with Gasteiger partial charge < -0.3 is 4.74 Å². The molecule has 57 valence electrons. The van der Waals surface area contributed by atoms with E-state index in [1.165, 1.54) is 0 Å². The van der Waals surface area contributed by atoms with E-state index in [1.807, 2.05) is 0 Å². The zero-order valence-electron chi connectivity index (χ0n) is 6.17. The largest absolute Gasteiger partial charge is 0.384 e. The Hall–Kier alpha value is -0.570. The number of rotatable bonds is 2. The third-order valence-electron chi connectivity index (χ3n) is 1.69. The Morgan fingerprint density at radius 3 is 3.10 bits per heavy atom. The van der Waals surface area contributed by atoms with E-state index in [0.717, 1.165) is 13.0 Å². The normalized spacial score (nSPS) is 26.1. The molecule has 1 rings (SSSR count). The fourth-order valence-electron chi connectivity index (χ4n) is 1.10. The summed E-state index contributed by atoms with van der Waals surface area (Å²) in [6.07, 6.45) is 1.55. The van der Waals surface area contributed by atoms with Crippen LogP contribution in [0.2, 0.25) is 0 Å². The molecular formula is C7H12NO2. The van der Waals surface area contributed by atoms with E-state index < -0.39 is 0 Å². The van der Waals surface area contributed by atoms with Crippen LogP contribution in [-0.4, -0.2) is 26.2 Å². The second kappa shape index (κ2) is 3.56. The summed E-state index contributed by atoms with van der Waals surface area (Å²) in [4.78, 5) is 10.6. The number of ether oxygens (including phenoxy) is 1. The third kappa shape index (κ3) is 1.99. The van der Waals surface area contributed by atoms with Crippen molar-refractivity contribution in [3.63, 3.8) is 0 Å². The molecule has 1 fully saturated rings. The topological polar surface area (TPSA) is 40.4 Å². The van der Waals surface area contributed by atoms with Gasteiger partial charge in [0.15, 0.2) is 0 Å². The third-order valence-corrected chi connectivity index (χ3v) is 1.69. The zero-order chi connectivity index (χ0) is 7.40. The van der Waals surface area contributed by atoms with Crippen LogP contribution < -0.4 is 5.32 Å². The molecule has 3 nitrogen and oxygen atoms in total. The molecule has 0 aliphatic carbocycles. The lowest BCUT2D eigenvalue weighted by molar-refractivity contribution is -0.123. The first kappa shape index (κ1) is 7.54. The minimum Gasteiger partial charge on any atom is -0.384 e. The lowest BCUT2D eigenvalue weighted by atomic mass is 10.0. The average Bonchev–Trinajstić information content (AvgIpc) is 1.95. The molecular weight excluding hydrogens is 130 g/mol. The van der Waals surface area contributed by atoms with Crippen molar-refractivity contribution in [1.29, 1.82) is 0 Å². The average molecular weight is 142 g/mol. The minimum absolute atomic E-state index is 0.0485. The van der Waals surface area contributed by atoms with Crippen LogP contribution in [0.15, 0.2) is 0 Å². The van der Waals surface area contributed by atoms with E-state index in [-0.39, 0.29) is 5.91 Å². The molecule has 0 aromatic carbocycles. The first-order valence-electron chi connectivity index (χ1n) is 3.52. The smallest absolute Gasteiger partial charge is 0.241 e. The number of amides is 1. The fourth-order valence-corrected chi connectivity index (χ4v) is 1.10. The van der Waals surface area contributed by atoms with E-state index in [2.05, 4.69) is 5.32 Å². The quantitative estimate of drug-likeness (QED) is 0.551. The number of carbonyl (C=O) groups is 1. The summed E-state index contributed by atoms with van der Waals surface area (Å²) in [6, 6.07) is 0. The molecule has 1 heterocycles. The van der Waals surface area contributed by atoms with Crippen molar-refractivity contribution in [2.75, 3.05) is 20.3 Å². The van der Waals surface area contributed by atoms with Gasteiger partial charge in [0.05, 0.1) is 6.61 Å². The Balaban J connectivity index is 2.19. The van der Waals surface area contributed by atoms with Crippen molar-refractivity contribution in [3.8, 4) is 0 Å². The molecule has 1 aliphatic rings. The van der Waals surface area contributed by atoms with Crippen LogP contribution in [0.5, 0.6) is 0 Å². The standard InChI is InChI=1S/C7H12NO2/c1-10-5-6-2-3-7(9)8-4-6/h6H,2-5H2,1H3. The van der Waals surface area contributed by atoms with Crippen molar-refractivity contribution in [3.05, 3.63) is 0 Å². The summed E-state index contributed by atoms with van der Waals surface area (Å²) in [5, 5.41) is 3.81. The number of hydrogen-bond acceptors (Lipinski definition) is 2. The first-order valence-corrected chi connectivity index (χ1v) is 3.52. The number of methoxy groups -OCH3 is 1. The van der Waals surface area contributed by atoms with E-state index in [9.17, 15) is 4.79 Å². The Kier molecular flexibility index (Phi) is 2.68. The predicted molar refractivity (Wildman–Crippen MR) is 36.6 cm³/mol. The van der Waals surface area contributed by atoms with Crippen molar-refractivity contribution in [1.82, 2.24) is 5.32 Å². The highest BCUT2D eigenvalue weighted by Crippen LogP contribution is 2.11. The maximum absolute atomic E-state index is 10.6. The Bertz CT molecular complexity index is 115. The van der Waals surface area contributed by atoms with Gasteiger partial charge in [-0.3, -0.25) is 10.1 Å². The molecule has 1 atom stereocenters. The second-order valence-corrected chi connectivity index (χ2v) is 2.59. The minimum atomic E-state index is 0.0485. The van der Waals surface area contributed by atoms with Gasteiger partial charge in [-0.2, -0.15) is 0 Å². The van der Waals surface area contributed by atoms with E-state index in [4.69, 9.17) is 4.74 Å². The number of nitrogens with zero attached hydrogens (tertiary/aromatic N) is 1. The van der Waals surface area contributed by atoms with Gasteiger partial charge >= 0.3 is 0 Å². The van der Waals surface area contributed by atoms with Crippen LogP contribution in [0, 0.1) is 5.92 Å². The van der Waals surface area contributed by atoms with E-state index in [0.29, 0.717) is 18.9 Å². The van der Waals surface area contributed by atoms with Crippen molar-refractivity contribution in [2.24, 2.45) is 5.92 Å². The van der Waals surface area contributed by atoms with Crippen molar-refractivity contribution >= 4 is 5.91 Å². The molecule has 0 saturated carbocycles. The predicted octanol–water partition coefficient (Wildman–Crippen LogP) is 0.174. The summed E-state index contributed by atoms with van der Waals surface area (Å²) in [7, 11) is 1.68. The molecule has 0 aromatic rings. The summed E-state index contributed by atoms with van der Waals surface area (Å²) in [5.74, 6) is 0.523. The van der Waals surface area contributed by atoms with Crippen LogP contribution in [0.25, 0.3) is 0 Å². The molecule has 1 amide bonds. The molecule has 1 aliphatic heterocycles. The highest BCUT2D eigenvalue weighted by atomic mass is 16.5. The van der Waals surface area contributed by atoms with Gasteiger partial charge in [0, 0.05) is 26.0 Å². The van der Waals surface area contributed by atoms with Gasteiger partial charge in [0.1, 0.15) is 0 Å². The molecule has 0 aromatic heterocycles. The summed E-state index contributed by atoms with van der Waals surface area (Å²) >= 11 is 0. The number of carbonyl (C=O) groups excluding carboxylic acids is 1. The van der Waals surface area contributed by atoms with Crippen LogP contribution in [0.1, 0.15) is 12.8 Å². The van der Waals surface area contributed by atoms with Crippen LogP contribution >= 0.6 is 0 Å². The van der Waals surface area contributed by atoms with Crippen LogP contribution in [0.3, 0.4) is 0 Å². The summed E-state index contributed by atoms with van der Waals surface area (Å²) < 4.78 is 4.95. The molecule has 0 N–H and O–H groups in total. The summed E-state index contributed by atoms with van der Waals surface area (Å²) in [5.41, 5.74) is 0. The Labute approximate surface area is 60.7 Å². The Morgan fingerprint density at radius 2 is 2.60 bits per heavy atom. The molecule has 3 heteroatoms. The SMILES string of the molecule is COCC1CCC(=O)[N]C1. The molecule has 0 spiro atoms. The second-order valence-electron chi connectivity index (χ2n) is 2.59. The van der Waals surface area contributed by atoms with Crippen molar-refractivity contribution < 1.29 is 9.53 Å². The van der Waals surface area contributed by atoms with Gasteiger partial charge in [-0.05, 0) is 6.42 Å². The monoisotopic (exact) mass is 142 g/mol. The lowest BCUT2D eigenvalue weighted by Crippen LogP contribution is -2.31. The van der Waals surface area contributed by atoms with Gasteiger partial charge in [-0.25, -0.2) is 0 Å². The highest BCUT2D eigenvalue weighted by molar-refractivity contribution is 5.76. The number of hydrogen-bond donors (Lipinski definition) is 0. The zero-order valence-corrected chi connectivity index (χ0v) is 6.17. The maximum Gasteiger partial charge on any atom is 0.241 e.